The number of aromatic hydroxyl groups is 1. The number of aromatic amines is 1. The maximum absolute atomic E-state index is 10.7. The van der Waals surface area contributed by atoms with Gasteiger partial charge in [-0.25, -0.2) is 4.98 Å². The summed E-state index contributed by atoms with van der Waals surface area (Å²) in [5.74, 6) is 0.767. The summed E-state index contributed by atoms with van der Waals surface area (Å²) >= 11 is 6.27. The van der Waals surface area contributed by atoms with Gasteiger partial charge in [0, 0.05) is 10.6 Å². The summed E-state index contributed by atoms with van der Waals surface area (Å²) in [6.07, 6.45) is 0. The number of nitrogens with zero attached hydrogens (tertiary/aromatic N) is 1. The first-order chi connectivity index (χ1) is 11.2. The molecule has 4 aromatic rings. The minimum absolute atomic E-state index is 0.166. The molecule has 0 saturated carbocycles. The first kappa shape index (κ1) is 13.9. The summed E-state index contributed by atoms with van der Waals surface area (Å²) in [6.45, 7) is 0. The summed E-state index contributed by atoms with van der Waals surface area (Å²) in [7, 11) is 0. The number of nitrogens with one attached hydrogen (secondary N) is 1. The molecule has 0 bridgehead atoms. The van der Waals surface area contributed by atoms with Crippen LogP contribution >= 0.6 is 11.6 Å². The van der Waals surface area contributed by atoms with Gasteiger partial charge in [-0.15, -0.1) is 0 Å². The monoisotopic (exact) mass is 320 g/mol. The van der Waals surface area contributed by atoms with E-state index < -0.39 is 0 Å². The van der Waals surface area contributed by atoms with Crippen molar-refractivity contribution in [2.45, 2.75) is 0 Å². The van der Waals surface area contributed by atoms with Crippen LogP contribution < -0.4 is 0 Å². The van der Waals surface area contributed by atoms with E-state index in [9.17, 15) is 5.11 Å². The van der Waals surface area contributed by atoms with E-state index in [4.69, 9.17) is 11.6 Å². The second-order valence-electron chi connectivity index (χ2n) is 5.32. The molecule has 0 fully saturated rings. The van der Waals surface area contributed by atoms with Crippen LogP contribution in [0.5, 0.6) is 5.75 Å². The zero-order valence-electron chi connectivity index (χ0n) is 12.1. The smallest absolute Gasteiger partial charge is 0.142 e. The molecule has 0 amide bonds. The Kier molecular flexibility index (Phi) is 3.28. The minimum Gasteiger partial charge on any atom is -0.507 e. The van der Waals surface area contributed by atoms with Crippen molar-refractivity contribution < 1.29 is 5.11 Å². The Balaban J connectivity index is 1.94. The number of aromatic nitrogens is 2. The number of imidazole rings is 1. The number of hydrogen-bond donors (Lipinski definition) is 2. The topological polar surface area (TPSA) is 48.9 Å². The quantitative estimate of drug-likeness (QED) is 0.529. The minimum atomic E-state index is 0.166. The van der Waals surface area contributed by atoms with Crippen LogP contribution in [-0.4, -0.2) is 15.1 Å². The molecule has 0 atom stereocenters. The molecule has 0 aliphatic heterocycles. The molecule has 0 aliphatic rings. The molecule has 0 saturated heterocycles. The van der Waals surface area contributed by atoms with Crippen LogP contribution in [0.1, 0.15) is 0 Å². The molecular formula is C19H13ClN2O. The Hall–Kier alpha value is -2.78. The van der Waals surface area contributed by atoms with Crippen molar-refractivity contribution in [3.63, 3.8) is 0 Å². The normalized spacial score (nSPS) is 11.0. The zero-order chi connectivity index (χ0) is 15.8. The summed E-state index contributed by atoms with van der Waals surface area (Å²) in [5.41, 5.74) is 3.96. The number of hydrogen-bond acceptors (Lipinski definition) is 2. The van der Waals surface area contributed by atoms with E-state index in [2.05, 4.69) is 9.97 Å². The van der Waals surface area contributed by atoms with Crippen LogP contribution in [0.2, 0.25) is 5.02 Å². The van der Waals surface area contributed by atoms with E-state index in [1.54, 1.807) is 12.1 Å². The average molecular weight is 321 g/mol. The maximum Gasteiger partial charge on any atom is 0.142 e. The third-order valence-corrected chi connectivity index (χ3v) is 4.02. The number of phenols is 1. The number of fused-ring (bicyclic) bond motifs is 1. The van der Waals surface area contributed by atoms with Gasteiger partial charge in [-0.1, -0.05) is 54.1 Å². The summed E-state index contributed by atoms with van der Waals surface area (Å²) in [5, 5.41) is 11.3. The van der Waals surface area contributed by atoms with Gasteiger partial charge in [-0.3, -0.25) is 0 Å². The van der Waals surface area contributed by atoms with Crippen LogP contribution in [0.15, 0.2) is 66.7 Å². The summed E-state index contributed by atoms with van der Waals surface area (Å²) in [6, 6.07) is 20.9. The number of para-hydroxylation sites is 2. The Bertz CT molecular complexity index is 960. The van der Waals surface area contributed by atoms with E-state index in [1.807, 2.05) is 54.6 Å². The molecule has 0 spiro atoms. The standard InChI is InChI=1S/C19H13ClN2O/c20-13-10-14(12-6-2-1-3-7-12)18(23)15(11-13)19-21-16-8-4-5-9-17(16)22-19/h1-11,23H,(H,21,22). The van der Waals surface area contributed by atoms with Gasteiger partial charge in [-0.05, 0) is 29.8 Å². The lowest BCUT2D eigenvalue weighted by Gasteiger charge is -2.09. The second-order valence-corrected chi connectivity index (χ2v) is 5.75. The fraction of sp³-hybridized carbons (Fsp3) is 0. The molecule has 1 aromatic heterocycles. The highest BCUT2D eigenvalue weighted by Gasteiger charge is 2.15. The largest absolute Gasteiger partial charge is 0.507 e. The molecule has 0 aliphatic carbocycles. The lowest BCUT2D eigenvalue weighted by Crippen LogP contribution is -1.86. The van der Waals surface area contributed by atoms with Crippen LogP contribution in [0.4, 0.5) is 0 Å². The zero-order valence-corrected chi connectivity index (χ0v) is 12.9. The van der Waals surface area contributed by atoms with Gasteiger partial charge in [-0.2, -0.15) is 0 Å². The van der Waals surface area contributed by atoms with Gasteiger partial charge >= 0.3 is 0 Å². The van der Waals surface area contributed by atoms with Gasteiger partial charge in [0.1, 0.15) is 11.6 Å². The average Bonchev–Trinajstić information content (AvgIpc) is 3.01. The van der Waals surface area contributed by atoms with E-state index >= 15 is 0 Å². The SMILES string of the molecule is Oc1c(-c2ccccc2)cc(Cl)cc1-c1nc2ccccc2[nH]1. The fourth-order valence-corrected chi connectivity index (χ4v) is 2.92. The van der Waals surface area contributed by atoms with Gasteiger partial charge in [0.15, 0.2) is 0 Å². The summed E-state index contributed by atoms with van der Waals surface area (Å²) in [4.78, 5) is 7.77. The van der Waals surface area contributed by atoms with Crippen LogP contribution in [0.3, 0.4) is 0 Å². The third-order valence-electron chi connectivity index (χ3n) is 3.80. The van der Waals surface area contributed by atoms with Crippen LogP contribution in [0.25, 0.3) is 33.5 Å². The van der Waals surface area contributed by atoms with E-state index in [0.29, 0.717) is 22.0 Å². The molecule has 112 valence electrons. The number of benzene rings is 3. The fourth-order valence-electron chi connectivity index (χ4n) is 2.70. The number of H-pyrrole nitrogens is 1. The van der Waals surface area contributed by atoms with Crippen molar-refractivity contribution >= 4 is 22.6 Å². The van der Waals surface area contributed by atoms with E-state index in [1.165, 1.54) is 0 Å². The molecule has 0 radical (unpaired) electrons. The van der Waals surface area contributed by atoms with Crippen molar-refractivity contribution in [2.24, 2.45) is 0 Å². The summed E-state index contributed by atoms with van der Waals surface area (Å²) < 4.78 is 0. The Morgan fingerprint density at radius 3 is 2.35 bits per heavy atom. The van der Waals surface area contributed by atoms with Gasteiger partial charge in [0.25, 0.3) is 0 Å². The second kappa shape index (κ2) is 5.45. The first-order valence-corrected chi connectivity index (χ1v) is 7.63. The molecule has 3 nitrogen and oxygen atoms in total. The van der Waals surface area contributed by atoms with Crippen molar-refractivity contribution in [3.05, 3.63) is 71.8 Å². The molecule has 4 heteroatoms. The molecule has 4 rings (SSSR count). The van der Waals surface area contributed by atoms with Gasteiger partial charge in [0.05, 0.1) is 16.6 Å². The predicted octanol–water partition coefficient (Wildman–Crippen LogP) is 5.26. The first-order valence-electron chi connectivity index (χ1n) is 7.25. The van der Waals surface area contributed by atoms with Crippen molar-refractivity contribution in [3.8, 4) is 28.3 Å². The third kappa shape index (κ3) is 2.45. The highest BCUT2D eigenvalue weighted by Crippen LogP contribution is 2.39. The Morgan fingerprint density at radius 1 is 0.870 bits per heavy atom. The molecule has 1 heterocycles. The predicted molar refractivity (Wildman–Crippen MR) is 93.6 cm³/mol. The van der Waals surface area contributed by atoms with Crippen molar-refractivity contribution in [1.29, 1.82) is 0 Å². The maximum atomic E-state index is 10.7. The Labute approximate surface area is 138 Å². The van der Waals surface area contributed by atoms with Gasteiger partial charge in [0.2, 0.25) is 0 Å². The Morgan fingerprint density at radius 2 is 1.57 bits per heavy atom. The van der Waals surface area contributed by atoms with Crippen LogP contribution in [0, 0.1) is 0 Å². The molecule has 0 unspecified atom stereocenters. The molecule has 3 aromatic carbocycles. The van der Waals surface area contributed by atoms with E-state index in [0.717, 1.165) is 16.6 Å². The molecule has 2 N–H and O–H groups in total. The lowest BCUT2D eigenvalue weighted by atomic mass is 10.0. The highest BCUT2D eigenvalue weighted by molar-refractivity contribution is 6.31. The number of halogens is 1. The molecular weight excluding hydrogens is 308 g/mol. The highest BCUT2D eigenvalue weighted by atomic mass is 35.5. The number of phenolic OH excluding ortho intramolecular Hbond substituents is 1. The van der Waals surface area contributed by atoms with Crippen LogP contribution in [-0.2, 0) is 0 Å². The van der Waals surface area contributed by atoms with Crippen molar-refractivity contribution in [2.75, 3.05) is 0 Å². The lowest BCUT2D eigenvalue weighted by molar-refractivity contribution is 0.479. The van der Waals surface area contributed by atoms with E-state index in [-0.39, 0.29) is 5.75 Å². The van der Waals surface area contributed by atoms with Gasteiger partial charge < -0.3 is 10.1 Å². The number of rotatable bonds is 2. The molecule has 23 heavy (non-hydrogen) atoms. The van der Waals surface area contributed by atoms with Crippen molar-refractivity contribution in [1.82, 2.24) is 9.97 Å².